The predicted molar refractivity (Wildman–Crippen MR) is 150 cm³/mol. The Morgan fingerprint density at radius 2 is 1.54 bits per heavy atom. The fraction of sp³-hybridized carbons (Fsp3) is 0.200. The molecular formula is C30H28N4O3. The van der Waals surface area contributed by atoms with Crippen molar-refractivity contribution in [3.8, 4) is 0 Å². The summed E-state index contributed by atoms with van der Waals surface area (Å²) in [5.74, 6) is 0. The van der Waals surface area contributed by atoms with E-state index in [9.17, 15) is 5.11 Å². The first kappa shape index (κ1) is 22.0. The van der Waals surface area contributed by atoms with Crippen molar-refractivity contribution in [3.05, 3.63) is 78.9 Å². The fourth-order valence-electron chi connectivity index (χ4n) is 5.68. The summed E-state index contributed by atoms with van der Waals surface area (Å²) in [6, 6.07) is 26.4. The third kappa shape index (κ3) is 3.75. The van der Waals surface area contributed by atoms with Crippen molar-refractivity contribution in [3.63, 3.8) is 0 Å². The van der Waals surface area contributed by atoms with Crippen molar-refractivity contribution in [2.75, 3.05) is 35.8 Å². The number of fused-ring (bicyclic) bond motifs is 6. The van der Waals surface area contributed by atoms with Crippen molar-refractivity contribution < 1.29 is 13.9 Å². The number of hydrogen-bond acceptors (Lipinski definition) is 7. The molecule has 1 aliphatic heterocycles. The smallest absolute Gasteiger partial charge is 0.137 e. The van der Waals surface area contributed by atoms with Crippen molar-refractivity contribution in [1.29, 1.82) is 0 Å². The van der Waals surface area contributed by atoms with E-state index in [4.69, 9.17) is 14.6 Å². The maximum Gasteiger partial charge on any atom is 0.137 e. The second-order valence-electron chi connectivity index (χ2n) is 9.69. The number of nitrogens with one attached hydrogen (secondary N) is 1. The molecule has 0 spiro atoms. The zero-order chi connectivity index (χ0) is 24.9. The van der Waals surface area contributed by atoms with Crippen LogP contribution in [0.25, 0.3) is 43.9 Å². The number of para-hydroxylation sites is 1. The second kappa shape index (κ2) is 8.73. The topological polar surface area (TPSA) is 91.0 Å². The average Bonchev–Trinajstić information content (AvgIpc) is 3.61. The average molecular weight is 493 g/mol. The van der Waals surface area contributed by atoms with Crippen LogP contribution < -0.4 is 16.1 Å². The van der Waals surface area contributed by atoms with Crippen molar-refractivity contribution in [1.82, 2.24) is 5.01 Å². The monoisotopic (exact) mass is 492 g/mol. The molecule has 2 aromatic heterocycles. The Morgan fingerprint density at radius 3 is 2.41 bits per heavy atom. The molecule has 1 unspecified atom stereocenters. The van der Waals surface area contributed by atoms with Gasteiger partial charge >= 0.3 is 0 Å². The molecule has 186 valence electrons. The summed E-state index contributed by atoms with van der Waals surface area (Å²) in [5.41, 5.74) is 15.6. The van der Waals surface area contributed by atoms with Gasteiger partial charge in [0.05, 0.1) is 18.5 Å². The molecule has 0 radical (unpaired) electrons. The minimum absolute atomic E-state index is 0.0595. The van der Waals surface area contributed by atoms with Crippen molar-refractivity contribution in [2.45, 2.75) is 19.0 Å². The Labute approximate surface area is 213 Å². The van der Waals surface area contributed by atoms with E-state index in [2.05, 4.69) is 57.8 Å². The summed E-state index contributed by atoms with van der Waals surface area (Å²) in [5, 5.41) is 16.6. The zero-order valence-electron chi connectivity index (χ0n) is 20.4. The van der Waals surface area contributed by atoms with E-state index in [0.717, 1.165) is 74.6 Å². The Kier molecular flexibility index (Phi) is 5.20. The van der Waals surface area contributed by atoms with Crippen LogP contribution in [0.2, 0.25) is 0 Å². The lowest BCUT2D eigenvalue weighted by atomic mass is 10.1. The van der Waals surface area contributed by atoms with E-state index >= 15 is 0 Å². The number of furan rings is 2. The lowest BCUT2D eigenvalue weighted by Crippen LogP contribution is -2.48. The molecule has 4 N–H and O–H groups in total. The number of aliphatic hydroxyl groups is 1. The van der Waals surface area contributed by atoms with Gasteiger partial charge < -0.3 is 30.0 Å². The second-order valence-corrected chi connectivity index (χ2v) is 9.69. The van der Waals surface area contributed by atoms with Crippen LogP contribution in [0, 0.1) is 0 Å². The molecule has 4 aromatic carbocycles. The highest BCUT2D eigenvalue weighted by atomic mass is 16.3. The summed E-state index contributed by atoms with van der Waals surface area (Å²) in [4.78, 5) is 2.25. The molecule has 0 amide bonds. The van der Waals surface area contributed by atoms with Crippen LogP contribution in [0.4, 0.5) is 17.1 Å². The maximum atomic E-state index is 9.95. The van der Waals surface area contributed by atoms with E-state index in [1.54, 1.807) is 0 Å². The number of nitrogens with zero attached hydrogens (tertiary/aromatic N) is 2. The molecule has 1 saturated heterocycles. The molecule has 7 nitrogen and oxygen atoms in total. The Hall–Kier alpha value is -4.20. The van der Waals surface area contributed by atoms with Gasteiger partial charge in [-0.1, -0.05) is 18.2 Å². The van der Waals surface area contributed by atoms with E-state index in [1.165, 1.54) is 0 Å². The number of rotatable bonds is 6. The van der Waals surface area contributed by atoms with Crippen LogP contribution in [-0.2, 0) is 0 Å². The van der Waals surface area contributed by atoms with Crippen LogP contribution in [0.3, 0.4) is 0 Å². The van der Waals surface area contributed by atoms with Gasteiger partial charge in [-0.2, -0.15) is 0 Å². The fourth-order valence-corrected chi connectivity index (χ4v) is 5.68. The lowest BCUT2D eigenvalue weighted by Gasteiger charge is -2.37. The third-order valence-corrected chi connectivity index (χ3v) is 7.39. The van der Waals surface area contributed by atoms with Gasteiger partial charge in [-0.3, -0.25) is 0 Å². The molecule has 3 heterocycles. The normalized spacial score (nSPS) is 16.4. The van der Waals surface area contributed by atoms with E-state index in [1.807, 2.05) is 36.4 Å². The first-order valence-corrected chi connectivity index (χ1v) is 12.7. The molecule has 7 rings (SSSR count). The molecule has 0 bridgehead atoms. The van der Waals surface area contributed by atoms with Gasteiger partial charge in [0, 0.05) is 64.2 Å². The van der Waals surface area contributed by atoms with Gasteiger partial charge in [0.25, 0.3) is 0 Å². The molecule has 1 atom stereocenters. The van der Waals surface area contributed by atoms with Gasteiger partial charge in [0.1, 0.15) is 22.3 Å². The molecule has 1 aliphatic rings. The van der Waals surface area contributed by atoms with E-state index in [-0.39, 0.29) is 12.8 Å². The van der Waals surface area contributed by atoms with E-state index < -0.39 is 0 Å². The van der Waals surface area contributed by atoms with Crippen LogP contribution in [0.15, 0.2) is 87.7 Å². The molecule has 1 fully saturated rings. The SMILES string of the molecule is Nc1ccc2c(c1)oc1cc(N(CCO)C3CCCN3Nc3ccc4c(c3)oc3ccccc34)ccc12. The number of hydrogen-bond donors (Lipinski definition) is 3. The molecule has 0 saturated carbocycles. The third-order valence-electron chi connectivity index (χ3n) is 7.39. The van der Waals surface area contributed by atoms with Gasteiger partial charge in [-0.05, 0) is 55.3 Å². The van der Waals surface area contributed by atoms with Crippen molar-refractivity contribution >= 4 is 60.9 Å². The van der Waals surface area contributed by atoms with Gasteiger partial charge in [0.2, 0.25) is 0 Å². The summed E-state index contributed by atoms with van der Waals surface area (Å²) >= 11 is 0. The summed E-state index contributed by atoms with van der Waals surface area (Å²) in [6.45, 7) is 1.48. The molecule has 37 heavy (non-hydrogen) atoms. The van der Waals surface area contributed by atoms with Crippen LogP contribution in [0.5, 0.6) is 0 Å². The van der Waals surface area contributed by atoms with Gasteiger partial charge in [0.15, 0.2) is 0 Å². The zero-order valence-corrected chi connectivity index (χ0v) is 20.4. The Bertz CT molecular complexity index is 1750. The van der Waals surface area contributed by atoms with Crippen molar-refractivity contribution in [2.24, 2.45) is 0 Å². The predicted octanol–water partition coefficient (Wildman–Crippen LogP) is 6.32. The molecule has 7 heteroatoms. The summed E-state index contributed by atoms with van der Waals surface area (Å²) < 4.78 is 12.2. The van der Waals surface area contributed by atoms with E-state index in [0.29, 0.717) is 12.2 Å². The number of nitrogens with two attached hydrogens (primary N) is 1. The number of anilines is 3. The Balaban J connectivity index is 1.20. The maximum absolute atomic E-state index is 9.95. The number of hydrazine groups is 1. The minimum atomic E-state index is 0.0595. The largest absolute Gasteiger partial charge is 0.456 e. The quantitative estimate of drug-likeness (QED) is 0.235. The first-order valence-electron chi connectivity index (χ1n) is 12.7. The molecule has 0 aliphatic carbocycles. The lowest BCUT2D eigenvalue weighted by molar-refractivity contribution is 0.258. The highest BCUT2D eigenvalue weighted by Gasteiger charge is 2.31. The van der Waals surface area contributed by atoms with Crippen LogP contribution >= 0.6 is 0 Å². The highest BCUT2D eigenvalue weighted by molar-refractivity contribution is 6.07. The summed E-state index contributed by atoms with van der Waals surface area (Å²) in [6.07, 6.45) is 2.11. The van der Waals surface area contributed by atoms with Gasteiger partial charge in [-0.25, -0.2) is 5.01 Å². The molecular weight excluding hydrogens is 464 g/mol. The number of nitrogen functional groups attached to an aromatic ring is 1. The van der Waals surface area contributed by atoms with Crippen LogP contribution in [0.1, 0.15) is 12.8 Å². The molecule has 6 aromatic rings. The standard InChI is InChI=1S/C30H28N4O3/c31-19-7-10-23-25-12-9-21(18-29(25)37-27(23)16-19)33(14-15-35)30-6-3-13-34(30)32-20-8-11-24-22-4-1-2-5-26(22)36-28(24)17-20/h1-2,4-5,7-12,16-18,30,32,35H,3,6,13-15,31H2. The number of aliphatic hydroxyl groups excluding tert-OH is 1. The Morgan fingerprint density at radius 1 is 0.838 bits per heavy atom. The minimum Gasteiger partial charge on any atom is -0.456 e. The first-order chi connectivity index (χ1) is 18.2. The number of benzene rings is 4. The van der Waals surface area contributed by atoms with Crippen LogP contribution in [-0.4, -0.2) is 36.0 Å². The van der Waals surface area contributed by atoms with Gasteiger partial charge in [-0.15, -0.1) is 0 Å². The highest BCUT2D eigenvalue weighted by Crippen LogP contribution is 2.35. The summed E-state index contributed by atoms with van der Waals surface area (Å²) in [7, 11) is 0.